The number of hydrogen-bond donors (Lipinski definition) is 3. The van der Waals surface area contributed by atoms with E-state index in [1.54, 1.807) is 32.0 Å². The summed E-state index contributed by atoms with van der Waals surface area (Å²) in [6, 6.07) is 6.44. The predicted octanol–water partition coefficient (Wildman–Crippen LogP) is 0.554. The molecule has 2 aliphatic rings. The zero-order valence-electron chi connectivity index (χ0n) is 14.6. The van der Waals surface area contributed by atoms with Gasteiger partial charge in [-0.15, -0.1) is 0 Å². The number of benzene rings is 1. The van der Waals surface area contributed by atoms with Crippen LogP contribution in [0.2, 0.25) is 0 Å². The van der Waals surface area contributed by atoms with Crippen LogP contribution < -0.4 is 10.6 Å². The van der Waals surface area contributed by atoms with E-state index >= 15 is 0 Å². The molecule has 1 aliphatic heterocycles. The molecule has 1 aromatic rings. The maximum Gasteiger partial charge on any atom is 0.307 e. The normalized spacial score (nSPS) is 23.8. The second-order valence-electron chi connectivity index (χ2n) is 7.26. The molecule has 138 valence electrons. The van der Waals surface area contributed by atoms with Gasteiger partial charge in [0.25, 0.3) is 5.91 Å². The lowest BCUT2D eigenvalue weighted by Gasteiger charge is -2.26. The van der Waals surface area contributed by atoms with Crippen molar-refractivity contribution in [3.63, 3.8) is 0 Å². The van der Waals surface area contributed by atoms with Crippen molar-refractivity contribution < 1.29 is 24.3 Å². The van der Waals surface area contributed by atoms with Gasteiger partial charge in [0, 0.05) is 24.3 Å². The lowest BCUT2D eigenvalue weighted by molar-refractivity contribution is -0.140. The van der Waals surface area contributed by atoms with Crippen molar-refractivity contribution in [2.75, 3.05) is 25.0 Å². The largest absolute Gasteiger partial charge is 0.481 e. The molecular formula is C18H21N3O5. The minimum Gasteiger partial charge on any atom is -0.481 e. The maximum atomic E-state index is 12.5. The minimum absolute atomic E-state index is 0.00593. The molecule has 1 heterocycles. The van der Waals surface area contributed by atoms with Crippen LogP contribution in [0.5, 0.6) is 0 Å². The molecule has 0 unspecified atom stereocenters. The Morgan fingerprint density at radius 1 is 1.27 bits per heavy atom. The number of carboxylic acids is 1. The van der Waals surface area contributed by atoms with Gasteiger partial charge < -0.3 is 20.6 Å². The van der Waals surface area contributed by atoms with Crippen LogP contribution in [0.4, 0.5) is 5.69 Å². The number of piperazine rings is 1. The predicted molar refractivity (Wildman–Crippen MR) is 92.4 cm³/mol. The number of nitrogens with zero attached hydrogens (tertiary/aromatic N) is 1. The van der Waals surface area contributed by atoms with Gasteiger partial charge in [-0.1, -0.05) is 19.9 Å². The summed E-state index contributed by atoms with van der Waals surface area (Å²) < 4.78 is 0. The molecule has 3 rings (SSSR count). The first-order valence-electron chi connectivity index (χ1n) is 8.41. The fourth-order valence-corrected chi connectivity index (χ4v) is 3.53. The molecule has 26 heavy (non-hydrogen) atoms. The lowest BCUT2D eigenvalue weighted by atomic mass is 10.1. The average Bonchev–Trinajstić information content (AvgIpc) is 3.17. The first kappa shape index (κ1) is 17.9. The number of carboxylic acid groups (broad SMARTS) is 1. The van der Waals surface area contributed by atoms with Crippen LogP contribution in [0.3, 0.4) is 0 Å². The summed E-state index contributed by atoms with van der Waals surface area (Å²) in [6.07, 6.45) is 0. The van der Waals surface area contributed by atoms with E-state index < -0.39 is 23.2 Å². The Bertz CT molecular complexity index is 789. The number of anilines is 1. The highest BCUT2D eigenvalue weighted by molar-refractivity contribution is 6.02. The Balaban J connectivity index is 1.70. The van der Waals surface area contributed by atoms with Crippen LogP contribution in [0.1, 0.15) is 24.2 Å². The summed E-state index contributed by atoms with van der Waals surface area (Å²) >= 11 is 0. The summed E-state index contributed by atoms with van der Waals surface area (Å²) in [5, 5.41) is 14.6. The minimum atomic E-state index is -0.984. The zero-order chi connectivity index (χ0) is 19.1. The Kier molecular flexibility index (Phi) is 4.43. The quantitative estimate of drug-likeness (QED) is 0.726. The van der Waals surface area contributed by atoms with Crippen LogP contribution in [0.25, 0.3) is 0 Å². The number of rotatable bonds is 4. The molecule has 1 aromatic carbocycles. The fraction of sp³-hybridized carbons (Fsp3) is 0.444. The number of nitrogens with one attached hydrogen (secondary N) is 2. The Labute approximate surface area is 150 Å². The Morgan fingerprint density at radius 3 is 2.62 bits per heavy atom. The van der Waals surface area contributed by atoms with Gasteiger partial charge in [0.05, 0.1) is 18.4 Å². The molecule has 1 aliphatic carbocycles. The van der Waals surface area contributed by atoms with E-state index in [0.717, 1.165) is 0 Å². The third-order valence-corrected chi connectivity index (χ3v) is 5.08. The van der Waals surface area contributed by atoms with E-state index in [0.29, 0.717) is 24.3 Å². The van der Waals surface area contributed by atoms with Crippen molar-refractivity contribution in [3.05, 3.63) is 29.8 Å². The lowest BCUT2D eigenvalue weighted by Crippen LogP contribution is -2.49. The van der Waals surface area contributed by atoms with Gasteiger partial charge in [-0.3, -0.25) is 19.2 Å². The van der Waals surface area contributed by atoms with Gasteiger partial charge in [0.15, 0.2) is 0 Å². The second-order valence-corrected chi connectivity index (χ2v) is 7.26. The van der Waals surface area contributed by atoms with Crippen LogP contribution >= 0.6 is 0 Å². The van der Waals surface area contributed by atoms with Crippen molar-refractivity contribution >= 4 is 29.4 Å². The molecule has 8 nitrogen and oxygen atoms in total. The van der Waals surface area contributed by atoms with Gasteiger partial charge >= 0.3 is 5.97 Å². The molecule has 0 bridgehead atoms. The summed E-state index contributed by atoms with van der Waals surface area (Å²) in [6.45, 7) is 4.34. The van der Waals surface area contributed by atoms with E-state index in [2.05, 4.69) is 10.6 Å². The van der Waals surface area contributed by atoms with Crippen LogP contribution in [0, 0.1) is 17.3 Å². The third-order valence-electron chi connectivity index (χ3n) is 5.08. The standard InChI is InChI=1S/C18H21N3O5/c1-18(2)13(14(18)17(25)26)15(23)20-11-5-3-4-10(8-11)16(24)21-7-6-19-12(22)9-21/h3-5,8,13-14H,6-7,9H2,1-2H3,(H,19,22)(H,20,23)(H,25,26)/t13-,14-/m0/s1. The van der Waals surface area contributed by atoms with Gasteiger partial charge in [-0.05, 0) is 23.6 Å². The van der Waals surface area contributed by atoms with Crippen molar-refractivity contribution in [2.45, 2.75) is 13.8 Å². The van der Waals surface area contributed by atoms with Crippen molar-refractivity contribution in [1.29, 1.82) is 0 Å². The fourth-order valence-electron chi connectivity index (χ4n) is 3.53. The summed E-state index contributed by atoms with van der Waals surface area (Å²) in [4.78, 5) is 49.1. The van der Waals surface area contributed by atoms with E-state index in [1.165, 1.54) is 11.0 Å². The van der Waals surface area contributed by atoms with Gasteiger partial charge in [-0.2, -0.15) is 0 Å². The number of aliphatic carboxylic acids is 1. The molecule has 0 radical (unpaired) electrons. The van der Waals surface area contributed by atoms with Crippen molar-refractivity contribution in [3.8, 4) is 0 Å². The summed E-state index contributed by atoms with van der Waals surface area (Å²) in [7, 11) is 0. The maximum absolute atomic E-state index is 12.5. The summed E-state index contributed by atoms with van der Waals surface area (Å²) in [5.41, 5.74) is 0.196. The number of amides is 3. The number of carbonyl (C=O) groups excluding carboxylic acids is 3. The monoisotopic (exact) mass is 359 g/mol. The van der Waals surface area contributed by atoms with Crippen LogP contribution in [-0.4, -0.2) is 53.3 Å². The first-order chi connectivity index (χ1) is 12.2. The smallest absolute Gasteiger partial charge is 0.307 e. The van der Waals surface area contributed by atoms with Crippen LogP contribution in [-0.2, 0) is 14.4 Å². The topological polar surface area (TPSA) is 116 Å². The molecule has 0 aromatic heterocycles. The third kappa shape index (κ3) is 3.26. The average molecular weight is 359 g/mol. The Hall–Kier alpha value is -2.90. The molecular weight excluding hydrogens is 338 g/mol. The van der Waals surface area contributed by atoms with Gasteiger partial charge in [0.2, 0.25) is 11.8 Å². The molecule has 2 fully saturated rings. The van der Waals surface area contributed by atoms with Gasteiger partial charge in [-0.25, -0.2) is 0 Å². The van der Waals surface area contributed by atoms with E-state index in [-0.39, 0.29) is 24.3 Å². The number of carbonyl (C=O) groups is 4. The van der Waals surface area contributed by atoms with Crippen molar-refractivity contribution in [2.24, 2.45) is 17.3 Å². The van der Waals surface area contributed by atoms with Crippen molar-refractivity contribution in [1.82, 2.24) is 10.2 Å². The highest BCUT2D eigenvalue weighted by Crippen LogP contribution is 2.58. The molecule has 3 amide bonds. The SMILES string of the molecule is CC1(C)[C@H](C(=O)O)[C@H]1C(=O)Nc1cccc(C(=O)N2CCNC(=O)C2)c1. The molecule has 2 atom stereocenters. The summed E-state index contributed by atoms with van der Waals surface area (Å²) in [5.74, 6) is -3.16. The van der Waals surface area contributed by atoms with E-state index in [1.807, 2.05) is 0 Å². The highest BCUT2D eigenvalue weighted by atomic mass is 16.4. The van der Waals surface area contributed by atoms with E-state index in [4.69, 9.17) is 0 Å². The molecule has 8 heteroatoms. The van der Waals surface area contributed by atoms with Crippen LogP contribution in [0.15, 0.2) is 24.3 Å². The van der Waals surface area contributed by atoms with E-state index in [9.17, 15) is 24.3 Å². The Morgan fingerprint density at radius 2 is 2.00 bits per heavy atom. The van der Waals surface area contributed by atoms with Gasteiger partial charge in [0.1, 0.15) is 0 Å². The molecule has 3 N–H and O–H groups in total. The zero-order valence-corrected chi connectivity index (χ0v) is 14.6. The molecule has 1 saturated heterocycles. The molecule has 0 spiro atoms. The number of hydrogen-bond acceptors (Lipinski definition) is 4. The second kappa shape index (κ2) is 6.44. The highest BCUT2D eigenvalue weighted by Gasteiger charge is 2.65. The molecule has 1 saturated carbocycles. The first-order valence-corrected chi connectivity index (χ1v) is 8.41.